The molecule has 3 amide bonds. The lowest BCUT2D eigenvalue weighted by Crippen LogP contribution is -2.53. The van der Waals surface area contributed by atoms with Crippen LogP contribution in [0.1, 0.15) is 23.4 Å². The van der Waals surface area contributed by atoms with Gasteiger partial charge in [0.1, 0.15) is 11.2 Å². The molecule has 29 heavy (non-hydrogen) atoms. The molecule has 2 fully saturated rings. The topological polar surface area (TPSA) is 92.1 Å². The van der Waals surface area contributed by atoms with Gasteiger partial charge in [0, 0.05) is 31.9 Å². The molecule has 1 aromatic carbocycles. The van der Waals surface area contributed by atoms with Gasteiger partial charge in [-0.2, -0.15) is 0 Å². The van der Waals surface area contributed by atoms with Crippen molar-refractivity contribution in [1.82, 2.24) is 9.80 Å². The number of furan rings is 1. The zero-order valence-corrected chi connectivity index (χ0v) is 16.2. The Bertz CT molecular complexity index is 895. The summed E-state index contributed by atoms with van der Waals surface area (Å²) in [5, 5.41) is 2.84. The third kappa shape index (κ3) is 3.70. The predicted octanol–water partition coefficient (Wildman–Crippen LogP) is 1.99. The van der Waals surface area contributed by atoms with Crippen LogP contribution in [-0.4, -0.2) is 60.8 Å². The first kappa shape index (κ1) is 19.0. The Balaban J connectivity index is 1.35. The first-order valence-corrected chi connectivity index (χ1v) is 9.61. The summed E-state index contributed by atoms with van der Waals surface area (Å²) < 4.78 is 10.3. The average molecular weight is 397 g/mol. The number of carbonyl (C=O) groups is 3. The molecule has 8 nitrogen and oxygen atoms in total. The number of methoxy groups -OCH3 is 1. The first-order chi connectivity index (χ1) is 14.0. The molecular formula is C21H23N3O5. The Labute approximate surface area is 168 Å². The third-order valence-electron chi connectivity index (χ3n) is 5.53. The minimum absolute atomic E-state index is 0.159. The maximum absolute atomic E-state index is 13.0. The Morgan fingerprint density at radius 2 is 1.66 bits per heavy atom. The number of carbonyl (C=O) groups excluding carboxylic acids is 3. The van der Waals surface area contributed by atoms with E-state index in [-0.39, 0.29) is 17.7 Å². The second-order valence-corrected chi connectivity index (χ2v) is 7.33. The van der Waals surface area contributed by atoms with Crippen LogP contribution in [0.2, 0.25) is 0 Å². The summed E-state index contributed by atoms with van der Waals surface area (Å²) in [4.78, 5) is 41.6. The van der Waals surface area contributed by atoms with E-state index < -0.39 is 5.41 Å². The van der Waals surface area contributed by atoms with E-state index in [0.29, 0.717) is 56.2 Å². The molecule has 0 atom stereocenters. The fraction of sp³-hybridized carbons (Fsp3) is 0.381. The van der Waals surface area contributed by atoms with Crippen LogP contribution in [0, 0.1) is 5.41 Å². The number of piperazine rings is 1. The molecule has 1 aliphatic carbocycles. The van der Waals surface area contributed by atoms with Crippen LogP contribution < -0.4 is 10.1 Å². The fourth-order valence-electron chi connectivity index (χ4n) is 3.56. The summed E-state index contributed by atoms with van der Waals surface area (Å²) in [6, 6.07) is 10.3. The van der Waals surface area contributed by atoms with Gasteiger partial charge in [0.05, 0.1) is 13.4 Å². The minimum atomic E-state index is -0.993. The first-order valence-electron chi connectivity index (χ1n) is 9.61. The summed E-state index contributed by atoms with van der Waals surface area (Å²) in [7, 11) is 1.58. The predicted molar refractivity (Wildman–Crippen MR) is 104 cm³/mol. The highest BCUT2D eigenvalue weighted by Gasteiger charge is 2.58. The second-order valence-electron chi connectivity index (χ2n) is 7.33. The van der Waals surface area contributed by atoms with E-state index in [9.17, 15) is 14.4 Å². The summed E-state index contributed by atoms with van der Waals surface area (Å²) in [6.45, 7) is 1.65. The fourth-order valence-corrected chi connectivity index (χ4v) is 3.56. The molecule has 0 unspecified atom stereocenters. The summed E-state index contributed by atoms with van der Waals surface area (Å²) in [5.41, 5.74) is -0.364. The lowest BCUT2D eigenvalue weighted by Gasteiger charge is -2.36. The van der Waals surface area contributed by atoms with Gasteiger partial charge in [-0.3, -0.25) is 14.4 Å². The Kier molecular flexibility index (Phi) is 5.00. The van der Waals surface area contributed by atoms with Gasteiger partial charge in [0.15, 0.2) is 5.76 Å². The van der Waals surface area contributed by atoms with Crippen molar-refractivity contribution in [2.45, 2.75) is 12.8 Å². The van der Waals surface area contributed by atoms with Gasteiger partial charge in [-0.05, 0) is 49.2 Å². The number of hydrogen-bond acceptors (Lipinski definition) is 5. The third-order valence-corrected chi connectivity index (χ3v) is 5.53. The zero-order valence-electron chi connectivity index (χ0n) is 16.2. The van der Waals surface area contributed by atoms with E-state index in [2.05, 4.69) is 5.32 Å². The lowest BCUT2D eigenvalue weighted by atomic mass is 10.0. The molecule has 152 valence electrons. The molecule has 2 heterocycles. The van der Waals surface area contributed by atoms with Gasteiger partial charge in [-0.25, -0.2) is 0 Å². The number of amides is 3. The number of nitrogens with one attached hydrogen (secondary N) is 1. The molecule has 1 N–H and O–H groups in total. The molecule has 4 rings (SSSR count). The molecule has 2 aliphatic rings. The zero-order chi connectivity index (χ0) is 20.4. The normalized spacial score (nSPS) is 17.6. The number of anilines is 1. The van der Waals surface area contributed by atoms with E-state index in [1.54, 1.807) is 53.3 Å². The molecule has 1 aliphatic heterocycles. The second kappa shape index (κ2) is 7.62. The number of rotatable bonds is 5. The summed E-state index contributed by atoms with van der Waals surface area (Å²) in [6.07, 6.45) is 2.55. The molecule has 1 saturated carbocycles. The van der Waals surface area contributed by atoms with E-state index in [0.717, 1.165) is 0 Å². The summed E-state index contributed by atoms with van der Waals surface area (Å²) >= 11 is 0. The van der Waals surface area contributed by atoms with E-state index in [1.165, 1.54) is 6.26 Å². The molecule has 0 spiro atoms. The maximum atomic E-state index is 13.0. The van der Waals surface area contributed by atoms with Crippen molar-refractivity contribution in [2.24, 2.45) is 5.41 Å². The Morgan fingerprint density at radius 3 is 2.21 bits per heavy atom. The number of nitrogens with zero attached hydrogens (tertiary/aromatic N) is 2. The van der Waals surface area contributed by atoms with Gasteiger partial charge >= 0.3 is 0 Å². The monoisotopic (exact) mass is 397 g/mol. The summed E-state index contributed by atoms with van der Waals surface area (Å²) in [5.74, 6) is 0.375. The van der Waals surface area contributed by atoms with Gasteiger partial charge < -0.3 is 24.3 Å². The molecular weight excluding hydrogens is 374 g/mol. The molecule has 1 aromatic heterocycles. The molecule has 0 bridgehead atoms. The van der Waals surface area contributed by atoms with Crippen LogP contribution in [0.5, 0.6) is 5.75 Å². The Morgan fingerprint density at radius 1 is 1.00 bits per heavy atom. The SMILES string of the molecule is COc1ccc(NC(=O)C2(C(=O)N3CCN(C(=O)c4ccco4)CC3)CC2)cc1. The molecule has 8 heteroatoms. The highest BCUT2D eigenvalue weighted by atomic mass is 16.5. The quantitative estimate of drug-likeness (QED) is 0.779. The van der Waals surface area contributed by atoms with Crippen molar-refractivity contribution in [3.63, 3.8) is 0 Å². The minimum Gasteiger partial charge on any atom is -0.497 e. The smallest absolute Gasteiger partial charge is 0.289 e. The largest absolute Gasteiger partial charge is 0.497 e. The average Bonchev–Trinajstić information content (AvgIpc) is 3.40. The van der Waals surface area contributed by atoms with Crippen LogP contribution in [0.15, 0.2) is 47.1 Å². The van der Waals surface area contributed by atoms with E-state index in [1.807, 2.05) is 0 Å². The highest BCUT2D eigenvalue weighted by Crippen LogP contribution is 2.48. The Hall–Kier alpha value is -3.29. The van der Waals surface area contributed by atoms with Crippen molar-refractivity contribution in [2.75, 3.05) is 38.6 Å². The molecule has 1 saturated heterocycles. The van der Waals surface area contributed by atoms with E-state index in [4.69, 9.17) is 9.15 Å². The lowest BCUT2D eigenvalue weighted by molar-refractivity contribution is -0.143. The molecule has 0 radical (unpaired) electrons. The van der Waals surface area contributed by atoms with Crippen molar-refractivity contribution < 1.29 is 23.5 Å². The van der Waals surface area contributed by atoms with Gasteiger partial charge in [-0.1, -0.05) is 0 Å². The number of ether oxygens (including phenoxy) is 1. The van der Waals surface area contributed by atoms with Crippen LogP contribution in [0.3, 0.4) is 0 Å². The van der Waals surface area contributed by atoms with Crippen LogP contribution in [-0.2, 0) is 9.59 Å². The van der Waals surface area contributed by atoms with Crippen molar-refractivity contribution in [3.8, 4) is 5.75 Å². The van der Waals surface area contributed by atoms with Gasteiger partial charge in [-0.15, -0.1) is 0 Å². The van der Waals surface area contributed by atoms with Gasteiger partial charge in [0.25, 0.3) is 5.91 Å². The van der Waals surface area contributed by atoms with E-state index >= 15 is 0 Å². The molecule has 2 aromatic rings. The van der Waals surface area contributed by atoms with Crippen LogP contribution in [0.4, 0.5) is 5.69 Å². The van der Waals surface area contributed by atoms with Gasteiger partial charge in [0.2, 0.25) is 11.8 Å². The van der Waals surface area contributed by atoms with Crippen LogP contribution >= 0.6 is 0 Å². The number of benzene rings is 1. The van der Waals surface area contributed by atoms with Crippen molar-refractivity contribution >= 4 is 23.4 Å². The maximum Gasteiger partial charge on any atom is 0.289 e. The van der Waals surface area contributed by atoms with Crippen LogP contribution in [0.25, 0.3) is 0 Å². The highest BCUT2D eigenvalue weighted by molar-refractivity contribution is 6.13. The number of hydrogen-bond donors (Lipinski definition) is 1. The van der Waals surface area contributed by atoms with Crippen molar-refractivity contribution in [3.05, 3.63) is 48.4 Å². The van der Waals surface area contributed by atoms with Crippen molar-refractivity contribution in [1.29, 1.82) is 0 Å². The standard InChI is InChI=1S/C21H23N3O5/c1-28-16-6-4-15(5-7-16)22-19(26)21(8-9-21)20(27)24-12-10-23(11-13-24)18(25)17-3-2-14-29-17/h2-7,14H,8-13H2,1H3,(H,22,26).